The second-order valence-corrected chi connectivity index (χ2v) is 15.6. The number of hydrogen-bond donors (Lipinski definition) is 0. The molecule has 294 valence electrons. The van der Waals surface area contributed by atoms with Gasteiger partial charge in [-0.05, 0) is 110 Å². The zero-order valence-electron chi connectivity index (χ0n) is 32.9. The Hall–Kier alpha value is -4.31. The van der Waals surface area contributed by atoms with Gasteiger partial charge in [-0.25, -0.2) is 9.98 Å². The molecule has 0 saturated carbocycles. The van der Waals surface area contributed by atoms with Gasteiger partial charge in [0.15, 0.2) is 0 Å². The minimum atomic E-state index is -5.04. The predicted molar refractivity (Wildman–Crippen MR) is 213 cm³/mol. The number of aryl methyl sites for hydroxylation is 5. The first-order chi connectivity index (χ1) is 25.7. The van der Waals surface area contributed by atoms with E-state index < -0.39 is 23.5 Å². The fourth-order valence-corrected chi connectivity index (χ4v) is 7.70. The Morgan fingerprint density at radius 1 is 0.691 bits per heavy atom. The SMILES string of the molecule is CCc1cc(C)c(N=C(c2cc(C(F)(F)F)cc(C(F)(F)F)c2)N2CCCN(C(=Nc3c(C(C)C)cccc3C(C)C)c3c(C)cc(C)cc3C)C2)c(Cl)c1. The van der Waals surface area contributed by atoms with Crippen LogP contribution < -0.4 is 0 Å². The number of alkyl halides is 6. The fraction of sp³-hybridized carbons (Fsp3) is 0.409. The number of benzene rings is 4. The normalized spacial score (nSPS) is 14.8. The van der Waals surface area contributed by atoms with Crippen molar-refractivity contribution >= 4 is 34.6 Å². The summed E-state index contributed by atoms with van der Waals surface area (Å²) in [5.41, 5.74) is 5.74. The van der Waals surface area contributed by atoms with E-state index in [4.69, 9.17) is 21.6 Å². The van der Waals surface area contributed by atoms with Gasteiger partial charge in [-0.1, -0.05) is 88.2 Å². The van der Waals surface area contributed by atoms with Gasteiger partial charge in [0.25, 0.3) is 0 Å². The van der Waals surface area contributed by atoms with E-state index in [1.54, 1.807) is 17.9 Å². The molecule has 0 bridgehead atoms. The molecule has 0 aliphatic carbocycles. The van der Waals surface area contributed by atoms with Crippen molar-refractivity contribution < 1.29 is 26.3 Å². The minimum absolute atomic E-state index is 0.0438. The summed E-state index contributed by atoms with van der Waals surface area (Å²) in [6, 6.07) is 15.6. The molecule has 1 aliphatic rings. The number of rotatable bonds is 7. The third-order valence-electron chi connectivity index (χ3n) is 10.0. The highest BCUT2D eigenvalue weighted by Gasteiger charge is 2.38. The molecule has 4 aromatic rings. The topological polar surface area (TPSA) is 31.2 Å². The summed E-state index contributed by atoms with van der Waals surface area (Å²) in [6.07, 6.45) is -8.87. The van der Waals surface area contributed by atoms with Crippen molar-refractivity contribution in [2.24, 2.45) is 9.98 Å². The molecule has 0 unspecified atom stereocenters. The zero-order chi connectivity index (χ0) is 40.6. The lowest BCUT2D eigenvalue weighted by atomic mass is 9.92. The molecule has 1 aliphatic heterocycles. The van der Waals surface area contributed by atoms with Gasteiger partial charge in [-0.3, -0.25) is 0 Å². The molecule has 5 rings (SSSR count). The molecule has 0 aromatic heterocycles. The van der Waals surface area contributed by atoms with Gasteiger partial charge in [0.2, 0.25) is 0 Å². The van der Waals surface area contributed by atoms with E-state index in [0.717, 1.165) is 56.8 Å². The van der Waals surface area contributed by atoms with Crippen LogP contribution in [0.25, 0.3) is 0 Å². The Labute approximate surface area is 326 Å². The van der Waals surface area contributed by atoms with Crippen molar-refractivity contribution in [3.05, 3.63) is 127 Å². The molecule has 0 amide bonds. The second-order valence-electron chi connectivity index (χ2n) is 15.2. The first-order valence-electron chi connectivity index (χ1n) is 18.7. The van der Waals surface area contributed by atoms with E-state index in [9.17, 15) is 26.3 Å². The van der Waals surface area contributed by atoms with E-state index in [1.807, 2.05) is 39.8 Å². The molecule has 0 radical (unpaired) electrons. The molecule has 0 N–H and O–H groups in total. The van der Waals surface area contributed by atoms with Crippen LogP contribution in [-0.4, -0.2) is 41.2 Å². The highest BCUT2D eigenvalue weighted by atomic mass is 35.5. The molecule has 11 heteroatoms. The van der Waals surface area contributed by atoms with Crippen molar-refractivity contribution in [2.75, 3.05) is 19.8 Å². The van der Waals surface area contributed by atoms with Gasteiger partial charge in [0.05, 0.1) is 34.2 Å². The first kappa shape index (κ1) is 41.8. The monoisotopic (exact) mass is 782 g/mol. The van der Waals surface area contributed by atoms with Crippen molar-refractivity contribution in [1.82, 2.24) is 9.80 Å². The van der Waals surface area contributed by atoms with Crippen LogP contribution in [0.2, 0.25) is 5.02 Å². The zero-order valence-corrected chi connectivity index (χ0v) is 33.7. The molecule has 4 aromatic carbocycles. The number of para-hydroxylation sites is 1. The molecular formula is C44H49ClF6N4. The molecule has 1 fully saturated rings. The van der Waals surface area contributed by atoms with Crippen LogP contribution in [0.3, 0.4) is 0 Å². The van der Waals surface area contributed by atoms with Crippen LogP contribution in [0.5, 0.6) is 0 Å². The average molecular weight is 783 g/mol. The van der Waals surface area contributed by atoms with Gasteiger partial charge in [0, 0.05) is 24.2 Å². The summed E-state index contributed by atoms with van der Waals surface area (Å²) in [5.74, 6) is 0.950. The standard InChI is InChI=1S/C44H49ClF6N4/c1-10-31-19-30(9)39(37(45)20-31)52-41(32-21-33(43(46,47)48)23-34(22-32)44(49,50)51)54-15-12-16-55(24-54)42(38-28(7)17-27(6)18-29(38)8)53-40-35(25(2)3)13-11-14-36(40)26(4)5/h11,13-14,17-23,25-26H,10,12,15-16,24H2,1-9H3. The van der Waals surface area contributed by atoms with E-state index >= 15 is 0 Å². The lowest BCUT2D eigenvalue weighted by molar-refractivity contribution is -0.143. The smallest absolute Gasteiger partial charge is 0.338 e. The van der Waals surface area contributed by atoms with Crippen LogP contribution >= 0.6 is 11.6 Å². The summed E-state index contributed by atoms with van der Waals surface area (Å²) in [6.45, 7) is 19.3. The largest absolute Gasteiger partial charge is 0.416 e. The van der Waals surface area contributed by atoms with Crippen molar-refractivity contribution in [1.29, 1.82) is 0 Å². The first-order valence-corrected chi connectivity index (χ1v) is 19.0. The number of halogens is 7. The maximum Gasteiger partial charge on any atom is 0.416 e. The molecular weight excluding hydrogens is 734 g/mol. The number of amidine groups is 2. The van der Waals surface area contributed by atoms with Crippen molar-refractivity contribution in [2.45, 2.75) is 99.3 Å². The quantitative estimate of drug-likeness (QED) is 0.106. The molecule has 1 saturated heterocycles. The van der Waals surface area contributed by atoms with E-state index in [-0.39, 0.29) is 46.7 Å². The molecule has 1 heterocycles. The van der Waals surface area contributed by atoms with Crippen LogP contribution in [0.15, 0.2) is 70.6 Å². The lowest BCUT2D eigenvalue weighted by Gasteiger charge is -2.40. The predicted octanol–water partition coefficient (Wildman–Crippen LogP) is 13.2. The molecule has 0 spiro atoms. The van der Waals surface area contributed by atoms with Crippen LogP contribution in [-0.2, 0) is 18.8 Å². The third kappa shape index (κ3) is 9.39. The Balaban J connectivity index is 1.78. The Bertz CT molecular complexity index is 2010. The van der Waals surface area contributed by atoms with Crippen molar-refractivity contribution in [3.8, 4) is 0 Å². The Morgan fingerprint density at radius 2 is 1.20 bits per heavy atom. The molecule has 4 nitrogen and oxygen atoms in total. The average Bonchev–Trinajstić information content (AvgIpc) is 3.09. The highest BCUT2D eigenvalue weighted by molar-refractivity contribution is 6.33. The number of nitrogens with zero attached hydrogens (tertiary/aromatic N) is 4. The summed E-state index contributed by atoms with van der Waals surface area (Å²) in [4.78, 5) is 14.2. The van der Waals surface area contributed by atoms with Crippen LogP contribution in [0.1, 0.15) is 114 Å². The molecule has 55 heavy (non-hydrogen) atoms. The maximum absolute atomic E-state index is 14.3. The van der Waals surface area contributed by atoms with Gasteiger partial charge < -0.3 is 9.80 Å². The van der Waals surface area contributed by atoms with Gasteiger partial charge >= 0.3 is 12.4 Å². The van der Waals surface area contributed by atoms with Crippen molar-refractivity contribution in [3.63, 3.8) is 0 Å². The summed E-state index contributed by atoms with van der Waals surface area (Å²) in [5, 5.41) is 0.255. The van der Waals surface area contributed by atoms with Crippen LogP contribution in [0.4, 0.5) is 37.7 Å². The summed E-state index contributed by atoms with van der Waals surface area (Å²) < 4.78 is 85.6. The maximum atomic E-state index is 14.3. The highest BCUT2D eigenvalue weighted by Crippen LogP contribution is 2.40. The van der Waals surface area contributed by atoms with Gasteiger partial charge in [-0.2, -0.15) is 26.3 Å². The van der Waals surface area contributed by atoms with Crippen LogP contribution in [0, 0.1) is 27.7 Å². The van der Waals surface area contributed by atoms with Gasteiger partial charge in [0.1, 0.15) is 11.7 Å². The van der Waals surface area contributed by atoms with E-state index in [1.165, 1.54) is 0 Å². The molecule has 0 atom stereocenters. The summed E-state index contributed by atoms with van der Waals surface area (Å²) >= 11 is 6.75. The Kier molecular flexibility index (Phi) is 12.5. The Morgan fingerprint density at radius 3 is 1.67 bits per heavy atom. The number of hydrogen-bond acceptors (Lipinski definition) is 2. The van der Waals surface area contributed by atoms with E-state index in [0.29, 0.717) is 37.3 Å². The third-order valence-corrected chi connectivity index (χ3v) is 10.3. The van der Waals surface area contributed by atoms with Gasteiger partial charge in [-0.15, -0.1) is 0 Å². The minimum Gasteiger partial charge on any atom is -0.338 e. The fourth-order valence-electron chi connectivity index (χ4n) is 7.37. The van der Waals surface area contributed by atoms with E-state index in [2.05, 4.69) is 56.9 Å². The number of aliphatic imine (C=N–C) groups is 2. The lowest BCUT2D eigenvalue weighted by Crippen LogP contribution is -2.50. The summed E-state index contributed by atoms with van der Waals surface area (Å²) in [7, 11) is 0. The second kappa shape index (κ2) is 16.4.